The summed E-state index contributed by atoms with van der Waals surface area (Å²) in [6.45, 7) is 3.94. The Morgan fingerprint density at radius 2 is 2.11 bits per heavy atom. The summed E-state index contributed by atoms with van der Waals surface area (Å²) in [6, 6.07) is 5.15. The molecule has 0 atom stereocenters. The van der Waals surface area contributed by atoms with Crippen LogP contribution in [0.1, 0.15) is 40.1 Å². The maximum absolute atomic E-state index is 14.4. The number of hydrogen-bond acceptors (Lipinski definition) is 7. The van der Waals surface area contributed by atoms with Crippen LogP contribution in [0.2, 0.25) is 4.34 Å². The third-order valence-electron chi connectivity index (χ3n) is 6.80. The fourth-order valence-corrected chi connectivity index (χ4v) is 6.36. The molecular formula is C24H27ClF2N6O2S. The Morgan fingerprint density at radius 1 is 1.33 bits per heavy atom. The first-order valence-electron chi connectivity index (χ1n) is 11.7. The summed E-state index contributed by atoms with van der Waals surface area (Å²) in [5, 5.41) is 7.68. The maximum Gasteiger partial charge on any atom is 0.297 e. The third kappa shape index (κ3) is 4.90. The summed E-state index contributed by atoms with van der Waals surface area (Å²) >= 11 is 7.33. The zero-order chi connectivity index (χ0) is 25.5. The van der Waals surface area contributed by atoms with Crippen molar-refractivity contribution in [2.45, 2.75) is 44.4 Å². The van der Waals surface area contributed by atoms with Gasteiger partial charge < -0.3 is 15.8 Å². The molecule has 2 aliphatic rings. The molecular weight excluding hydrogens is 510 g/mol. The molecule has 12 heteroatoms. The highest BCUT2D eigenvalue weighted by molar-refractivity contribution is 7.16. The van der Waals surface area contributed by atoms with Gasteiger partial charge in [0.25, 0.3) is 5.92 Å². The standard InChI is InChI=1S/C24H27ClF2N6O2S/c1-15-17(13-33(31-15)22-16(3-2-6-30-22)10-29-11-20(28)34)12-32-7-4-23(5-8-32)21-18(9-19(25)36-21)24(26,27)14-35-23/h2-3,6,9,13,29H,4-5,7-8,10-12,14H2,1H3,(H2,28,34). The average Bonchev–Trinajstić information content (AvgIpc) is 3.42. The number of halogens is 3. The Bertz CT molecular complexity index is 1270. The third-order valence-corrected chi connectivity index (χ3v) is 8.25. The van der Waals surface area contributed by atoms with Gasteiger partial charge in [0, 0.05) is 60.1 Å². The molecule has 0 unspecified atom stereocenters. The quantitative estimate of drug-likeness (QED) is 0.480. The first kappa shape index (κ1) is 25.2. The molecule has 2 aliphatic heterocycles. The van der Waals surface area contributed by atoms with Crippen molar-refractivity contribution in [2.75, 3.05) is 26.2 Å². The van der Waals surface area contributed by atoms with Gasteiger partial charge in [-0.05, 0) is 31.9 Å². The maximum atomic E-state index is 14.4. The van der Waals surface area contributed by atoms with Crippen molar-refractivity contribution in [1.29, 1.82) is 0 Å². The number of aromatic nitrogens is 3. The second-order valence-corrected chi connectivity index (χ2v) is 11.0. The lowest BCUT2D eigenvalue weighted by atomic mass is 9.84. The minimum Gasteiger partial charge on any atom is -0.369 e. The van der Waals surface area contributed by atoms with Crippen molar-refractivity contribution in [3.63, 3.8) is 0 Å². The largest absolute Gasteiger partial charge is 0.369 e. The van der Waals surface area contributed by atoms with Crippen LogP contribution in [0.15, 0.2) is 30.6 Å². The van der Waals surface area contributed by atoms with Gasteiger partial charge in [0.2, 0.25) is 5.91 Å². The Balaban J connectivity index is 1.28. The van der Waals surface area contributed by atoms with E-state index in [0.29, 0.717) is 54.1 Å². The summed E-state index contributed by atoms with van der Waals surface area (Å²) < 4.78 is 36.8. The Kier molecular flexibility index (Phi) is 6.86. The second-order valence-electron chi connectivity index (χ2n) is 9.30. The zero-order valence-corrected chi connectivity index (χ0v) is 21.3. The number of nitrogens with one attached hydrogen (secondary N) is 1. The van der Waals surface area contributed by atoms with E-state index in [-0.39, 0.29) is 12.1 Å². The molecule has 0 radical (unpaired) electrons. The number of piperidine rings is 1. The molecule has 0 saturated carbocycles. The van der Waals surface area contributed by atoms with Crippen molar-refractivity contribution in [1.82, 2.24) is 25.0 Å². The minimum atomic E-state index is -3.01. The molecule has 36 heavy (non-hydrogen) atoms. The van der Waals surface area contributed by atoms with Crippen LogP contribution in [0.5, 0.6) is 0 Å². The molecule has 3 N–H and O–H groups in total. The summed E-state index contributed by atoms with van der Waals surface area (Å²) in [5.41, 5.74) is 7.37. The van der Waals surface area contributed by atoms with Crippen LogP contribution in [0.25, 0.3) is 5.82 Å². The number of likely N-dealkylation sites (tertiary alicyclic amines) is 1. The van der Waals surface area contributed by atoms with E-state index in [4.69, 9.17) is 22.1 Å². The predicted octanol–water partition coefficient (Wildman–Crippen LogP) is 3.48. The van der Waals surface area contributed by atoms with Gasteiger partial charge in [-0.15, -0.1) is 11.3 Å². The van der Waals surface area contributed by atoms with E-state index in [9.17, 15) is 13.6 Å². The van der Waals surface area contributed by atoms with Crippen LogP contribution in [0, 0.1) is 6.92 Å². The molecule has 1 spiro atoms. The normalized spacial score (nSPS) is 18.9. The smallest absolute Gasteiger partial charge is 0.297 e. The fraction of sp³-hybridized carbons (Fsp3) is 0.458. The highest BCUT2D eigenvalue weighted by Gasteiger charge is 2.51. The van der Waals surface area contributed by atoms with Crippen LogP contribution in [0.3, 0.4) is 0 Å². The van der Waals surface area contributed by atoms with Crippen molar-refractivity contribution in [3.8, 4) is 5.82 Å². The van der Waals surface area contributed by atoms with Gasteiger partial charge in [-0.2, -0.15) is 13.9 Å². The van der Waals surface area contributed by atoms with Crippen molar-refractivity contribution in [3.05, 3.63) is 62.2 Å². The van der Waals surface area contributed by atoms with Gasteiger partial charge in [0.1, 0.15) is 12.2 Å². The molecule has 1 fully saturated rings. The van der Waals surface area contributed by atoms with Crippen LogP contribution in [-0.2, 0) is 34.1 Å². The average molecular weight is 537 g/mol. The number of pyridine rings is 1. The van der Waals surface area contributed by atoms with Crippen molar-refractivity contribution in [2.24, 2.45) is 5.73 Å². The van der Waals surface area contributed by atoms with Gasteiger partial charge >= 0.3 is 0 Å². The molecule has 192 valence electrons. The van der Waals surface area contributed by atoms with Gasteiger partial charge in [-0.3, -0.25) is 9.69 Å². The number of alkyl halides is 2. The summed E-state index contributed by atoms with van der Waals surface area (Å²) in [6.07, 6.45) is 4.91. The number of amides is 1. The molecule has 0 bridgehead atoms. The van der Waals surface area contributed by atoms with Crippen molar-refractivity contribution >= 4 is 28.8 Å². The number of fused-ring (bicyclic) bond motifs is 2. The van der Waals surface area contributed by atoms with E-state index < -0.39 is 24.0 Å². The van der Waals surface area contributed by atoms with E-state index >= 15 is 0 Å². The topological polar surface area (TPSA) is 98.3 Å². The number of thiophene rings is 1. The Hall–Kier alpha value is -2.44. The first-order chi connectivity index (χ1) is 17.2. The SMILES string of the molecule is Cc1nn(-c2ncccc2CNCC(N)=O)cc1CN1CCC2(CC1)OCC(F)(F)c1cc(Cl)sc12. The number of primary amides is 1. The number of nitrogens with zero attached hydrogens (tertiary/aromatic N) is 4. The number of ether oxygens (including phenoxy) is 1. The zero-order valence-electron chi connectivity index (χ0n) is 19.8. The van der Waals surface area contributed by atoms with E-state index in [1.54, 1.807) is 10.9 Å². The van der Waals surface area contributed by atoms with Gasteiger partial charge in [-0.1, -0.05) is 17.7 Å². The van der Waals surface area contributed by atoms with Gasteiger partial charge in [0.15, 0.2) is 5.82 Å². The minimum absolute atomic E-state index is 0.0193. The van der Waals surface area contributed by atoms with Crippen LogP contribution in [-0.4, -0.2) is 51.8 Å². The fourth-order valence-electron chi connectivity index (χ4n) is 4.88. The van der Waals surface area contributed by atoms with E-state index in [1.807, 2.05) is 25.3 Å². The number of carbonyl (C=O) groups is 1. The lowest BCUT2D eigenvalue weighted by Crippen LogP contribution is -2.48. The molecule has 5 heterocycles. The first-order valence-corrected chi connectivity index (χ1v) is 12.9. The molecule has 5 rings (SSSR count). The molecule has 0 aliphatic carbocycles. The van der Waals surface area contributed by atoms with Gasteiger partial charge in [0.05, 0.1) is 16.6 Å². The summed E-state index contributed by atoms with van der Waals surface area (Å²) in [7, 11) is 0. The number of hydrogen-bond donors (Lipinski definition) is 2. The van der Waals surface area contributed by atoms with E-state index in [1.165, 1.54) is 17.4 Å². The molecule has 3 aromatic heterocycles. The van der Waals surface area contributed by atoms with Crippen LogP contribution < -0.4 is 11.1 Å². The molecule has 1 saturated heterocycles. The van der Waals surface area contributed by atoms with Gasteiger partial charge in [-0.25, -0.2) is 9.67 Å². The van der Waals surface area contributed by atoms with Crippen LogP contribution in [0.4, 0.5) is 8.78 Å². The lowest BCUT2D eigenvalue weighted by Gasteiger charge is -2.45. The number of nitrogens with two attached hydrogens (primary N) is 1. The molecule has 3 aromatic rings. The highest BCUT2D eigenvalue weighted by atomic mass is 35.5. The number of rotatable bonds is 7. The second kappa shape index (κ2) is 9.79. The number of carbonyl (C=O) groups excluding carboxylic acids is 1. The summed E-state index contributed by atoms with van der Waals surface area (Å²) in [4.78, 5) is 18.4. The predicted molar refractivity (Wildman–Crippen MR) is 132 cm³/mol. The van der Waals surface area contributed by atoms with Crippen molar-refractivity contribution < 1.29 is 18.3 Å². The Labute approximate surface area is 216 Å². The summed E-state index contributed by atoms with van der Waals surface area (Å²) in [5.74, 6) is -2.75. The lowest BCUT2D eigenvalue weighted by molar-refractivity contribution is -0.182. The molecule has 1 amide bonds. The van der Waals surface area contributed by atoms with Crippen LogP contribution >= 0.6 is 22.9 Å². The Morgan fingerprint density at radius 3 is 2.86 bits per heavy atom. The molecule has 8 nitrogen and oxygen atoms in total. The molecule has 0 aromatic carbocycles. The van der Waals surface area contributed by atoms with E-state index in [2.05, 4.69) is 20.3 Å². The number of aryl methyl sites for hydroxylation is 1. The monoisotopic (exact) mass is 536 g/mol. The van der Waals surface area contributed by atoms with E-state index in [0.717, 1.165) is 16.8 Å². The highest BCUT2D eigenvalue weighted by Crippen LogP contribution is 2.52.